The normalized spacial score (nSPS) is 10.4. The number of hydrogen-bond donors (Lipinski definition) is 2. The molecule has 0 fully saturated rings. The lowest BCUT2D eigenvalue weighted by atomic mass is 10.3. The SMILES string of the molecule is Nc1c(Nc2ccccc2F)ncnc1Sc1ccccc1. The van der Waals surface area contributed by atoms with Crippen molar-refractivity contribution in [1.82, 2.24) is 9.97 Å². The number of hydrogen-bond acceptors (Lipinski definition) is 5. The Morgan fingerprint density at radius 3 is 2.45 bits per heavy atom. The fraction of sp³-hybridized carbons (Fsp3) is 0. The van der Waals surface area contributed by atoms with Gasteiger partial charge in [0.05, 0.1) is 5.69 Å². The lowest BCUT2D eigenvalue weighted by Crippen LogP contribution is -2.03. The lowest BCUT2D eigenvalue weighted by molar-refractivity contribution is 0.632. The van der Waals surface area contributed by atoms with E-state index in [1.165, 1.54) is 24.2 Å². The highest BCUT2D eigenvalue weighted by Gasteiger charge is 2.11. The predicted octanol–water partition coefficient (Wildman–Crippen LogP) is 4.09. The highest BCUT2D eigenvalue weighted by atomic mass is 32.2. The van der Waals surface area contributed by atoms with E-state index in [1.54, 1.807) is 18.2 Å². The van der Waals surface area contributed by atoms with Crippen LogP contribution in [0.4, 0.5) is 21.6 Å². The van der Waals surface area contributed by atoms with E-state index in [9.17, 15) is 4.39 Å². The molecule has 0 atom stereocenters. The first-order valence-corrected chi connectivity index (χ1v) is 7.40. The van der Waals surface area contributed by atoms with Gasteiger partial charge in [-0.15, -0.1) is 0 Å². The molecule has 0 amide bonds. The van der Waals surface area contributed by atoms with Crippen LogP contribution in [0.15, 0.2) is 70.8 Å². The Labute approximate surface area is 131 Å². The molecule has 3 N–H and O–H groups in total. The van der Waals surface area contributed by atoms with E-state index in [-0.39, 0.29) is 5.82 Å². The van der Waals surface area contributed by atoms with Crippen LogP contribution in [0.1, 0.15) is 0 Å². The third-order valence-electron chi connectivity index (χ3n) is 2.93. The van der Waals surface area contributed by atoms with Crippen molar-refractivity contribution in [3.8, 4) is 0 Å². The van der Waals surface area contributed by atoms with Crippen LogP contribution in [-0.4, -0.2) is 9.97 Å². The number of benzene rings is 2. The van der Waals surface area contributed by atoms with Crippen molar-refractivity contribution < 1.29 is 4.39 Å². The number of aromatic nitrogens is 2. The molecule has 0 saturated carbocycles. The first kappa shape index (κ1) is 14.3. The van der Waals surface area contributed by atoms with Gasteiger partial charge in [0, 0.05) is 4.90 Å². The van der Waals surface area contributed by atoms with Gasteiger partial charge in [-0.1, -0.05) is 42.1 Å². The van der Waals surface area contributed by atoms with Crippen molar-refractivity contribution in [3.63, 3.8) is 0 Å². The van der Waals surface area contributed by atoms with Crippen LogP contribution in [-0.2, 0) is 0 Å². The van der Waals surface area contributed by atoms with Gasteiger partial charge in [0.2, 0.25) is 0 Å². The smallest absolute Gasteiger partial charge is 0.158 e. The molecule has 110 valence electrons. The number of nitrogen functional groups attached to an aromatic ring is 1. The summed E-state index contributed by atoms with van der Waals surface area (Å²) in [5.41, 5.74) is 6.81. The van der Waals surface area contributed by atoms with E-state index < -0.39 is 0 Å². The highest BCUT2D eigenvalue weighted by Crippen LogP contribution is 2.34. The molecular weight excluding hydrogens is 299 g/mol. The summed E-state index contributed by atoms with van der Waals surface area (Å²) in [6, 6.07) is 16.1. The summed E-state index contributed by atoms with van der Waals surface area (Å²) in [5.74, 6) is 0.0244. The zero-order valence-corrected chi connectivity index (χ0v) is 12.3. The van der Waals surface area contributed by atoms with Gasteiger partial charge >= 0.3 is 0 Å². The van der Waals surface area contributed by atoms with Crippen LogP contribution in [0.25, 0.3) is 0 Å². The summed E-state index contributed by atoms with van der Waals surface area (Å²) in [6.07, 6.45) is 1.41. The van der Waals surface area contributed by atoms with Crippen LogP contribution >= 0.6 is 11.8 Å². The molecule has 0 unspecified atom stereocenters. The Morgan fingerprint density at radius 2 is 1.68 bits per heavy atom. The van der Waals surface area contributed by atoms with Crippen LogP contribution in [0.2, 0.25) is 0 Å². The largest absolute Gasteiger partial charge is 0.394 e. The van der Waals surface area contributed by atoms with E-state index in [0.29, 0.717) is 22.2 Å². The predicted molar refractivity (Wildman–Crippen MR) is 86.7 cm³/mol. The Hall–Kier alpha value is -2.60. The van der Waals surface area contributed by atoms with Gasteiger partial charge in [-0.2, -0.15) is 0 Å². The quantitative estimate of drug-likeness (QED) is 0.710. The third-order valence-corrected chi connectivity index (χ3v) is 3.96. The molecule has 0 aliphatic rings. The van der Waals surface area contributed by atoms with Crippen molar-refractivity contribution in [2.75, 3.05) is 11.1 Å². The molecule has 0 aliphatic heterocycles. The number of nitrogens with one attached hydrogen (secondary N) is 1. The molecule has 0 radical (unpaired) electrons. The van der Waals surface area contributed by atoms with Crippen molar-refractivity contribution in [2.24, 2.45) is 0 Å². The number of para-hydroxylation sites is 1. The maximum atomic E-state index is 13.7. The van der Waals surface area contributed by atoms with Gasteiger partial charge in [0.15, 0.2) is 5.82 Å². The van der Waals surface area contributed by atoms with E-state index in [4.69, 9.17) is 5.73 Å². The average Bonchev–Trinajstić information content (AvgIpc) is 2.54. The fourth-order valence-electron chi connectivity index (χ4n) is 1.85. The first-order chi connectivity index (χ1) is 10.7. The second kappa shape index (κ2) is 6.44. The fourth-order valence-corrected chi connectivity index (χ4v) is 2.67. The lowest BCUT2D eigenvalue weighted by Gasteiger charge is -2.11. The second-order valence-electron chi connectivity index (χ2n) is 4.46. The van der Waals surface area contributed by atoms with Gasteiger partial charge < -0.3 is 11.1 Å². The minimum Gasteiger partial charge on any atom is -0.394 e. The summed E-state index contributed by atoms with van der Waals surface area (Å²) >= 11 is 1.43. The molecule has 0 spiro atoms. The second-order valence-corrected chi connectivity index (χ2v) is 5.52. The standard InChI is InChI=1S/C16H13FN4S/c17-12-8-4-5-9-13(12)21-15-14(18)16(20-10-19-15)22-11-6-2-1-3-7-11/h1-10H,18H2,(H,19,20,21). The molecular formula is C16H13FN4S. The molecule has 3 rings (SSSR count). The maximum absolute atomic E-state index is 13.7. The molecule has 3 aromatic rings. The van der Waals surface area contributed by atoms with Crippen LogP contribution in [0, 0.1) is 5.82 Å². The third kappa shape index (κ3) is 3.17. The number of rotatable bonds is 4. The van der Waals surface area contributed by atoms with E-state index in [2.05, 4.69) is 15.3 Å². The monoisotopic (exact) mass is 312 g/mol. The molecule has 0 bridgehead atoms. The Kier molecular flexibility index (Phi) is 4.20. The summed E-state index contributed by atoms with van der Waals surface area (Å²) in [6.45, 7) is 0. The Balaban J connectivity index is 1.88. The van der Waals surface area contributed by atoms with Gasteiger partial charge in [0.25, 0.3) is 0 Å². The number of nitrogens with zero attached hydrogens (tertiary/aromatic N) is 2. The minimum absolute atomic E-state index is 0.323. The van der Waals surface area contributed by atoms with E-state index in [1.807, 2.05) is 30.3 Å². The minimum atomic E-state index is -0.363. The maximum Gasteiger partial charge on any atom is 0.158 e. The first-order valence-electron chi connectivity index (χ1n) is 6.59. The topological polar surface area (TPSA) is 63.8 Å². The number of anilines is 3. The summed E-state index contributed by atoms with van der Waals surface area (Å²) in [7, 11) is 0. The highest BCUT2D eigenvalue weighted by molar-refractivity contribution is 7.99. The average molecular weight is 312 g/mol. The van der Waals surface area contributed by atoms with Gasteiger partial charge in [-0.25, -0.2) is 14.4 Å². The molecule has 0 saturated heterocycles. The summed E-state index contributed by atoms with van der Waals surface area (Å²) in [5, 5.41) is 3.53. The van der Waals surface area contributed by atoms with Crippen LogP contribution in [0.3, 0.4) is 0 Å². The molecule has 2 aromatic carbocycles. The zero-order valence-electron chi connectivity index (χ0n) is 11.5. The molecule has 0 aliphatic carbocycles. The molecule has 6 heteroatoms. The van der Waals surface area contributed by atoms with Crippen molar-refractivity contribution >= 4 is 29.0 Å². The van der Waals surface area contributed by atoms with E-state index in [0.717, 1.165) is 4.90 Å². The van der Waals surface area contributed by atoms with Crippen LogP contribution < -0.4 is 11.1 Å². The summed E-state index contributed by atoms with van der Waals surface area (Å²) in [4.78, 5) is 9.30. The van der Waals surface area contributed by atoms with Crippen molar-refractivity contribution in [3.05, 3.63) is 66.7 Å². The number of halogens is 1. The molecule has 1 aromatic heterocycles. The van der Waals surface area contributed by atoms with Gasteiger partial charge in [0.1, 0.15) is 22.9 Å². The molecule has 22 heavy (non-hydrogen) atoms. The van der Waals surface area contributed by atoms with Gasteiger partial charge in [-0.05, 0) is 24.3 Å². The molecule has 1 heterocycles. The zero-order chi connectivity index (χ0) is 15.4. The Morgan fingerprint density at radius 1 is 0.955 bits per heavy atom. The van der Waals surface area contributed by atoms with E-state index >= 15 is 0 Å². The molecule has 4 nitrogen and oxygen atoms in total. The summed E-state index contributed by atoms with van der Waals surface area (Å²) < 4.78 is 13.7. The van der Waals surface area contributed by atoms with Crippen LogP contribution in [0.5, 0.6) is 0 Å². The van der Waals surface area contributed by atoms with Crippen molar-refractivity contribution in [2.45, 2.75) is 9.92 Å². The van der Waals surface area contributed by atoms with Gasteiger partial charge in [-0.3, -0.25) is 0 Å². The van der Waals surface area contributed by atoms with Crippen molar-refractivity contribution in [1.29, 1.82) is 0 Å². The number of nitrogens with two attached hydrogens (primary N) is 1. The Bertz CT molecular complexity index is 780.